The minimum Gasteiger partial charge on any atom is -0.302 e. The lowest BCUT2D eigenvalue weighted by molar-refractivity contribution is -0.117. The molecule has 10 heteroatoms. The van der Waals surface area contributed by atoms with Crippen LogP contribution in [0.1, 0.15) is 19.8 Å². The van der Waals surface area contributed by atoms with Gasteiger partial charge in [0.05, 0.1) is 11.4 Å². The molecule has 1 N–H and O–H groups in total. The molecule has 1 unspecified atom stereocenters. The van der Waals surface area contributed by atoms with Crippen molar-refractivity contribution in [2.24, 2.45) is 5.41 Å². The molecule has 7 nitrogen and oxygen atoms in total. The summed E-state index contributed by atoms with van der Waals surface area (Å²) in [6, 6.07) is 7.67. The summed E-state index contributed by atoms with van der Waals surface area (Å²) in [5, 5.41) is 16.4. The van der Waals surface area contributed by atoms with E-state index < -0.39 is 4.33 Å². The second-order valence-electron chi connectivity index (χ2n) is 6.51. The first-order valence-corrected chi connectivity index (χ1v) is 9.47. The third-order valence-corrected chi connectivity index (χ3v) is 6.36. The lowest BCUT2D eigenvalue weighted by atomic mass is 10.1. The van der Waals surface area contributed by atoms with Gasteiger partial charge in [-0.3, -0.25) is 4.79 Å². The molecule has 1 aliphatic rings. The number of aromatic nitrogens is 5. The maximum absolute atomic E-state index is 12.2. The molecular formula is C16H14Cl2N6OS. The summed E-state index contributed by atoms with van der Waals surface area (Å²) in [4.78, 5) is 16.7. The molecule has 0 saturated heterocycles. The number of carbonyl (C=O) groups excluding carboxylic acids is 1. The maximum atomic E-state index is 12.2. The largest absolute Gasteiger partial charge is 0.302 e. The standard InChI is InChI=1S/C16H14Cl2N6OS/c1-15(8-16(15,17)18)6-13(25)21-14-20-12(7-26-14)10-3-2-4-11(5-10)24-9-19-22-23-24/h2-5,7,9H,6,8H2,1H3,(H,20,21,25). The fourth-order valence-electron chi connectivity index (χ4n) is 2.71. The van der Waals surface area contributed by atoms with Crippen LogP contribution in [0.25, 0.3) is 16.9 Å². The van der Waals surface area contributed by atoms with Gasteiger partial charge < -0.3 is 5.32 Å². The van der Waals surface area contributed by atoms with Gasteiger partial charge in [0.2, 0.25) is 5.91 Å². The lowest BCUT2D eigenvalue weighted by Crippen LogP contribution is -2.18. The first-order valence-electron chi connectivity index (χ1n) is 7.83. The number of hydrogen-bond acceptors (Lipinski definition) is 6. The second-order valence-corrected chi connectivity index (χ2v) is 8.85. The number of thiazole rings is 1. The van der Waals surface area contributed by atoms with E-state index in [9.17, 15) is 4.79 Å². The smallest absolute Gasteiger partial charge is 0.226 e. The molecule has 0 spiro atoms. The monoisotopic (exact) mass is 408 g/mol. The fourth-order valence-corrected chi connectivity index (χ4v) is 4.17. The first-order chi connectivity index (χ1) is 12.4. The Morgan fingerprint density at radius 2 is 2.23 bits per heavy atom. The van der Waals surface area contributed by atoms with Crippen LogP contribution < -0.4 is 5.32 Å². The zero-order chi connectivity index (χ0) is 18.4. The van der Waals surface area contributed by atoms with Gasteiger partial charge in [-0.2, -0.15) is 0 Å². The molecule has 2 aromatic heterocycles. The van der Waals surface area contributed by atoms with Gasteiger partial charge in [-0.25, -0.2) is 9.67 Å². The number of halogens is 2. The molecule has 0 aliphatic heterocycles. The summed E-state index contributed by atoms with van der Waals surface area (Å²) < 4.78 is 0.758. The Hall–Kier alpha value is -2.03. The quantitative estimate of drug-likeness (QED) is 0.650. The topological polar surface area (TPSA) is 85.6 Å². The molecule has 1 aliphatic carbocycles. The number of alkyl halides is 2. The number of carbonyl (C=O) groups is 1. The Morgan fingerprint density at radius 3 is 2.92 bits per heavy atom. The van der Waals surface area contributed by atoms with Crippen LogP contribution in [0.15, 0.2) is 36.0 Å². The van der Waals surface area contributed by atoms with Crippen LogP contribution >= 0.6 is 34.5 Å². The van der Waals surface area contributed by atoms with E-state index in [1.807, 2.05) is 36.6 Å². The van der Waals surface area contributed by atoms with E-state index in [4.69, 9.17) is 23.2 Å². The van der Waals surface area contributed by atoms with Gasteiger partial charge in [0.15, 0.2) is 5.13 Å². The van der Waals surface area contributed by atoms with Crippen LogP contribution in [0.4, 0.5) is 5.13 Å². The van der Waals surface area contributed by atoms with Crippen molar-refractivity contribution in [1.82, 2.24) is 25.2 Å². The van der Waals surface area contributed by atoms with Gasteiger partial charge in [0.1, 0.15) is 10.7 Å². The summed E-state index contributed by atoms with van der Waals surface area (Å²) in [6.07, 6.45) is 2.41. The summed E-state index contributed by atoms with van der Waals surface area (Å²) >= 11 is 13.6. The molecule has 134 valence electrons. The average molecular weight is 409 g/mol. The van der Waals surface area contributed by atoms with Crippen molar-refractivity contribution < 1.29 is 4.79 Å². The highest BCUT2D eigenvalue weighted by atomic mass is 35.5. The van der Waals surface area contributed by atoms with Gasteiger partial charge in [-0.1, -0.05) is 19.1 Å². The van der Waals surface area contributed by atoms with Crippen LogP contribution in [-0.4, -0.2) is 35.4 Å². The lowest BCUT2D eigenvalue weighted by Gasteiger charge is -2.10. The number of hydrogen-bond donors (Lipinski definition) is 1. The summed E-state index contributed by atoms with van der Waals surface area (Å²) in [7, 11) is 0. The van der Waals surface area contributed by atoms with Crippen molar-refractivity contribution in [2.75, 3.05) is 5.32 Å². The number of rotatable bonds is 5. The van der Waals surface area contributed by atoms with E-state index in [0.717, 1.165) is 16.9 Å². The Morgan fingerprint density at radius 1 is 1.42 bits per heavy atom. The number of benzene rings is 1. The van der Waals surface area contributed by atoms with Crippen LogP contribution in [0.5, 0.6) is 0 Å². The number of nitrogens with zero attached hydrogens (tertiary/aromatic N) is 5. The SMILES string of the molecule is CC1(CC(=O)Nc2nc(-c3cccc(-n4cnnn4)c3)cs2)CC1(Cl)Cl. The van der Waals surface area contributed by atoms with Crippen molar-refractivity contribution in [3.8, 4) is 16.9 Å². The minimum absolute atomic E-state index is 0.140. The van der Waals surface area contributed by atoms with Crippen molar-refractivity contribution in [3.05, 3.63) is 36.0 Å². The molecular weight excluding hydrogens is 395 g/mol. The molecule has 1 fully saturated rings. The average Bonchev–Trinajstić information content (AvgIpc) is 3.08. The number of anilines is 1. The van der Waals surface area contributed by atoms with E-state index in [2.05, 4.69) is 25.8 Å². The highest BCUT2D eigenvalue weighted by Gasteiger charge is 2.63. The third-order valence-electron chi connectivity index (χ3n) is 4.43. The van der Waals surface area contributed by atoms with Gasteiger partial charge in [0.25, 0.3) is 0 Å². The normalized spacial score (nSPS) is 20.7. The van der Waals surface area contributed by atoms with Gasteiger partial charge >= 0.3 is 0 Å². The van der Waals surface area contributed by atoms with E-state index in [1.54, 1.807) is 4.68 Å². The predicted octanol–water partition coefficient (Wildman–Crippen LogP) is 3.70. The summed E-state index contributed by atoms with van der Waals surface area (Å²) in [5.74, 6) is -0.140. The van der Waals surface area contributed by atoms with E-state index in [1.165, 1.54) is 17.7 Å². The van der Waals surface area contributed by atoms with E-state index >= 15 is 0 Å². The summed E-state index contributed by atoms with van der Waals surface area (Å²) in [5.41, 5.74) is 2.13. The van der Waals surface area contributed by atoms with Gasteiger partial charge in [0, 0.05) is 22.8 Å². The molecule has 2 heterocycles. The van der Waals surface area contributed by atoms with Crippen LogP contribution in [0, 0.1) is 5.41 Å². The van der Waals surface area contributed by atoms with Crippen molar-refractivity contribution >= 4 is 45.6 Å². The van der Waals surface area contributed by atoms with Crippen molar-refractivity contribution in [3.63, 3.8) is 0 Å². The van der Waals surface area contributed by atoms with Crippen LogP contribution in [0.2, 0.25) is 0 Å². The van der Waals surface area contributed by atoms with E-state index in [0.29, 0.717) is 11.6 Å². The van der Waals surface area contributed by atoms with Crippen molar-refractivity contribution in [2.45, 2.75) is 24.1 Å². The second kappa shape index (κ2) is 6.29. The maximum Gasteiger partial charge on any atom is 0.226 e. The van der Waals surface area contributed by atoms with E-state index in [-0.39, 0.29) is 17.7 Å². The Kier molecular flexibility index (Phi) is 4.21. The Labute approximate surface area is 163 Å². The zero-order valence-electron chi connectivity index (χ0n) is 13.7. The fraction of sp³-hybridized carbons (Fsp3) is 0.312. The molecule has 1 saturated carbocycles. The number of tetrazole rings is 1. The molecule has 1 aromatic carbocycles. The first kappa shape index (κ1) is 17.4. The van der Waals surface area contributed by atoms with Crippen LogP contribution in [0.3, 0.4) is 0 Å². The highest BCUT2D eigenvalue weighted by molar-refractivity contribution is 7.14. The minimum atomic E-state index is -0.810. The molecule has 1 amide bonds. The molecule has 0 bridgehead atoms. The predicted molar refractivity (Wildman–Crippen MR) is 101 cm³/mol. The van der Waals surface area contributed by atoms with Crippen molar-refractivity contribution in [1.29, 1.82) is 0 Å². The number of amides is 1. The Bertz CT molecular complexity index is 957. The molecule has 3 aromatic rings. The third kappa shape index (κ3) is 3.32. The molecule has 4 rings (SSSR count). The highest BCUT2D eigenvalue weighted by Crippen LogP contribution is 2.65. The van der Waals surface area contributed by atoms with Gasteiger partial charge in [-0.15, -0.1) is 39.6 Å². The van der Waals surface area contributed by atoms with Gasteiger partial charge in [-0.05, 0) is 29.0 Å². The molecule has 1 atom stereocenters. The zero-order valence-corrected chi connectivity index (χ0v) is 16.0. The molecule has 0 radical (unpaired) electrons. The Balaban J connectivity index is 1.47. The van der Waals surface area contributed by atoms with Crippen LogP contribution in [-0.2, 0) is 4.79 Å². The number of nitrogens with one attached hydrogen (secondary N) is 1. The molecule has 26 heavy (non-hydrogen) atoms. The summed E-state index contributed by atoms with van der Waals surface area (Å²) in [6.45, 7) is 1.91.